The third-order valence-electron chi connectivity index (χ3n) is 4.14. The van der Waals surface area contributed by atoms with Crippen molar-refractivity contribution < 1.29 is 18.7 Å². The Morgan fingerprint density at radius 2 is 1.72 bits per heavy atom. The van der Waals surface area contributed by atoms with E-state index in [1.54, 1.807) is 62.4 Å². The second kappa shape index (κ2) is 8.84. The van der Waals surface area contributed by atoms with Crippen LogP contribution in [0.1, 0.15) is 30.0 Å². The molecule has 0 aliphatic carbocycles. The Morgan fingerprint density at radius 1 is 1.03 bits per heavy atom. The van der Waals surface area contributed by atoms with Crippen LogP contribution in [0.4, 0.5) is 5.69 Å². The van der Waals surface area contributed by atoms with E-state index in [2.05, 4.69) is 10.6 Å². The molecular formula is C22H21ClN2O4. The molecule has 29 heavy (non-hydrogen) atoms. The molecule has 0 saturated heterocycles. The molecule has 0 unspecified atom stereocenters. The first-order valence-corrected chi connectivity index (χ1v) is 9.38. The van der Waals surface area contributed by atoms with Crippen LogP contribution in [0.5, 0.6) is 5.75 Å². The van der Waals surface area contributed by atoms with Crippen molar-refractivity contribution in [2.24, 2.45) is 0 Å². The van der Waals surface area contributed by atoms with Gasteiger partial charge in [-0.05, 0) is 67.9 Å². The van der Waals surface area contributed by atoms with Gasteiger partial charge in [-0.3, -0.25) is 9.59 Å². The lowest BCUT2D eigenvalue weighted by Crippen LogP contribution is -2.46. The summed E-state index contributed by atoms with van der Waals surface area (Å²) in [5, 5.41) is 6.20. The van der Waals surface area contributed by atoms with Crippen LogP contribution >= 0.6 is 11.6 Å². The lowest BCUT2D eigenvalue weighted by Gasteiger charge is -2.25. The summed E-state index contributed by atoms with van der Waals surface area (Å²) in [5.74, 6) is 0.232. The molecule has 3 aromatic rings. The molecule has 0 atom stereocenters. The van der Waals surface area contributed by atoms with Crippen molar-refractivity contribution in [1.82, 2.24) is 5.32 Å². The summed E-state index contributed by atoms with van der Waals surface area (Å²) < 4.78 is 10.8. The SMILES string of the molecule is CC(C)(Oc1ccc(Cl)cc1)C(=O)NCc1ccc(NC(=O)c2ccco2)cc1. The van der Waals surface area contributed by atoms with Crippen LogP contribution in [0.25, 0.3) is 0 Å². The van der Waals surface area contributed by atoms with Gasteiger partial charge in [-0.1, -0.05) is 23.7 Å². The largest absolute Gasteiger partial charge is 0.478 e. The molecule has 0 aliphatic rings. The summed E-state index contributed by atoms with van der Waals surface area (Å²) in [7, 11) is 0. The summed E-state index contributed by atoms with van der Waals surface area (Å²) in [6.07, 6.45) is 1.44. The van der Waals surface area contributed by atoms with Crippen LogP contribution in [0.3, 0.4) is 0 Å². The average Bonchev–Trinajstić information content (AvgIpc) is 3.24. The van der Waals surface area contributed by atoms with Gasteiger partial charge in [-0.2, -0.15) is 0 Å². The Balaban J connectivity index is 1.52. The molecule has 2 amide bonds. The Hall–Kier alpha value is -3.25. The number of halogens is 1. The highest BCUT2D eigenvalue weighted by Crippen LogP contribution is 2.21. The minimum Gasteiger partial charge on any atom is -0.478 e. The van der Waals surface area contributed by atoms with Crippen LogP contribution in [0.15, 0.2) is 71.3 Å². The maximum atomic E-state index is 12.5. The number of rotatable bonds is 7. The minimum absolute atomic E-state index is 0.240. The highest BCUT2D eigenvalue weighted by atomic mass is 35.5. The summed E-state index contributed by atoms with van der Waals surface area (Å²) in [5.41, 5.74) is 0.467. The molecular weight excluding hydrogens is 392 g/mol. The number of nitrogens with one attached hydrogen (secondary N) is 2. The molecule has 1 heterocycles. The number of amides is 2. The molecule has 150 valence electrons. The van der Waals surface area contributed by atoms with E-state index in [0.29, 0.717) is 23.0 Å². The first-order valence-electron chi connectivity index (χ1n) is 9.00. The number of benzene rings is 2. The van der Waals surface area contributed by atoms with E-state index in [9.17, 15) is 9.59 Å². The predicted molar refractivity (Wildman–Crippen MR) is 111 cm³/mol. The first-order chi connectivity index (χ1) is 13.8. The minimum atomic E-state index is -1.05. The quantitative estimate of drug-likeness (QED) is 0.591. The topological polar surface area (TPSA) is 80.6 Å². The lowest BCUT2D eigenvalue weighted by molar-refractivity contribution is -0.134. The average molecular weight is 413 g/mol. The predicted octanol–water partition coefficient (Wildman–Crippen LogP) is 4.66. The van der Waals surface area contributed by atoms with E-state index in [1.165, 1.54) is 6.26 Å². The van der Waals surface area contributed by atoms with Gasteiger partial charge in [0, 0.05) is 17.3 Å². The van der Waals surface area contributed by atoms with Gasteiger partial charge in [0.25, 0.3) is 11.8 Å². The van der Waals surface area contributed by atoms with Crippen LogP contribution < -0.4 is 15.4 Å². The molecule has 0 aliphatic heterocycles. The zero-order valence-corrected chi connectivity index (χ0v) is 16.8. The zero-order chi connectivity index (χ0) is 20.9. The van der Waals surface area contributed by atoms with Gasteiger partial charge < -0.3 is 19.8 Å². The van der Waals surface area contributed by atoms with Crippen molar-refractivity contribution in [2.45, 2.75) is 26.0 Å². The van der Waals surface area contributed by atoms with Crippen LogP contribution in [0, 0.1) is 0 Å². The normalized spacial score (nSPS) is 11.0. The molecule has 2 aromatic carbocycles. The molecule has 7 heteroatoms. The molecule has 6 nitrogen and oxygen atoms in total. The number of furan rings is 1. The number of anilines is 1. The molecule has 3 rings (SSSR count). The molecule has 0 saturated carbocycles. The first kappa shape index (κ1) is 20.5. The monoisotopic (exact) mass is 412 g/mol. The van der Waals surface area contributed by atoms with Gasteiger partial charge in [-0.25, -0.2) is 0 Å². The van der Waals surface area contributed by atoms with Crippen LogP contribution in [-0.4, -0.2) is 17.4 Å². The molecule has 0 fully saturated rings. The fraction of sp³-hybridized carbons (Fsp3) is 0.182. The summed E-state index contributed by atoms with van der Waals surface area (Å²) in [6.45, 7) is 3.73. The molecule has 0 radical (unpaired) electrons. The van der Waals surface area contributed by atoms with Crippen molar-refractivity contribution in [2.75, 3.05) is 5.32 Å². The van der Waals surface area contributed by atoms with Gasteiger partial charge in [0.05, 0.1) is 6.26 Å². The number of carbonyl (C=O) groups is 2. The Kier molecular flexibility index (Phi) is 6.24. The maximum Gasteiger partial charge on any atom is 0.291 e. The second-order valence-electron chi connectivity index (χ2n) is 6.88. The van der Waals surface area contributed by atoms with Gasteiger partial charge in [0.2, 0.25) is 0 Å². The van der Waals surface area contributed by atoms with E-state index in [4.69, 9.17) is 20.8 Å². The van der Waals surface area contributed by atoms with Gasteiger partial charge in [-0.15, -0.1) is 0 Å². The van der Waals surface area contributed by atoms with E-state index < -0.39 is 5.60 Å². The van der Waals surface area contributed by atoms with E-state index in [-0.39, 0.29) is 17.6 Å². The molecule has 2 N–H and O–H groups in total. The summed E-state index contributed by atoms with van der Waals surface area (Å²) >= 11 is 5.87. The van der Waals surface area contributed by atoms with E-state index >= 15 is 0 Å². The fourth-order valence-corrected chi connectivity index (χ4v) is 2.67. The fourth-order valence-electron chi connectivity index (χ4n) is 2.55. The molecule has 0 spiro atoms. The number of hydrogen-bond acceptors (Lipinski definition) is 4. The third-order valence-corrected chi connectivity index (χ3v) is 4.40. The second-order valence-corrected chi connectivity index (χ2v) is 7.31. The highest BCUT2D eigenvalue weighted by molar-refractivity contribution is 6.30. The Morgan fingerprint density at radius 3 is 2.34 bits per heavy atom. The van der Waals surface area contributed by atoms with Crippen molar-refractivity contribution in [3.05, 3.63) is 83.3 Å². The zero-order valence-electron chi connectivity index (χ0n) is 16.1. The lowest BCUT2D eigenvalue weighted by atomic mass is 10.1. The molecule has 1 aromatic heterocycles. The molecule has 0 bridgehead atoms. The van der Waals surface area contributed by atoms with E-state index in [0.717, 1.165) is 5.56 Å². The maximum absolute atomic E-state index is 12.5. The summed E-state index contributed by atoms with van der Waals surface area (Å²) in [4.78, 5) is 24.5. The van der Waals surface area contributed by atoms with Crippen molar-refractivity contribution >= 4 is 29.1 Å². The number of hydrogen-bond donors (Lipinski definition) is 2. The van der Waals surface area contributed by atoms with E-state index in [1.807, 2.05) is 12.1 Å². The van der Waals surface area contributed by atoms with Crippen LogP contribution in [-0.2, 0) is 11.3 Å². The van der Waals surface area contributed by atoms with Crippen molar-refractivity contribution in [1.29, 1.82) is 0 Å². The van der Waals surface area contributed by atoms with Crippen molar-refractivity contribution in [3.8, 4) is 5.75 Å². The highest BCUT2D eigenvalue weighted by Gasteiger charge is 2.29. The number of ether oxygens (including phenoxy) is 1. The third kappa shape index (κ3) is 5.62. The Labute approximate surface area is 173 Å². The summed E-state index contributed by atoms with van der Waals surface area (Å²) in [6, 6.07) is 17.3. The number of carbonyl (C=O) groups excluding carboxylic acids is 2. The van der Waals surface area contributed by atoms with Gasteiger partial charge >= 0.3 is 0 Å². The van der Waals surface area contributed by atoms with Crippen molar-refractivity contribution in [3.63, 3.8) is 0 Å². The Bertz CT molecular complexity index is 965. The van der Waals surface area contributed by atoms with Gasteiger partial charge in [0.15, 0.2) is 11.4 Å². The van der Waals surface area contributed by atoms with Gasteiger partial charge in [0.1, 0.15) is 5.75 Å². The standard InChI is InChI=1S/C22H21ClN2O4/c1-22(2,29-18-11-7-16(23)8-12-18)21(27)24-14-15-5-9-17(10-6-15)25-20(26)19-4-3-13-28-19/h3-13H,14H2,1-2H3,(H,24,27)(H,25,26). The van der Waals surface area contributed by atoms with Crippen LogP contribution in [0.2, 0.25) is 5.02 Å². The smallest absolute Gasteiger partial charge is 0.291 e.